The van der Waals surface area contributed by atoms with E-state index in [0.29, 0.717) is 5.75 Å². The van der Waals surface area contributed by atoms with Gasteiger partial charge in [-0.3, -0.25) is 0 Å². The van der Waals surface area contributed by atoms with Gasteiger partial charge in [0.1, 0.15) is 11.6 Å². The molecule has 14 heavy (non-hydrogen) atoms. The summed E-state index contributed by atoms with van der Waals surface area (Å²) in [4.78, 5) is 3.18. The van der Waals surface area contributed by atoms with Crippen molar-refractivity contribution in [2.24, 2.45) is 0 Å². The van der Waals surface area contributed by atoms with Gasteiger partial charge in [0.25, 0.3) is 0 Å². The van der Waals surface area contributed by atoms with Crippen molar-refractivity contribution in [3.8, 4) is 5.75 Å². The van der Waals surface area contributed by atoms with E-state index in [1.54, 1.807) is 0 Å². The van der Waals surface area contributed by atoms with E-state index < -0.39 is 5.82 Å². The van der Waals surface area contributed by atoms with Crippen LogP contribution in [-0.4, -0.2) is 6.10 Å². The van der Waals surface area contributed by atoms with Gasteiger partial charge in [-0.05, 0) is 25.0 Å². The second-order valence-corrected chi connectivity index (χ2v) is 3.57. The number of nitrogens with zero attached hydrogens (tertiary/aromatic N) is 1. The Hall–Kier alpha value is -1.27. The van der Waals surface area contributed by atoms with Crippen LogP contribution in [0, 0.1) is 12.4 Å². The Morgan fingerprint density at radius 1 is 1.50 bits per heavy atom. The summed E-state index contributed by atoms with van der Waals surface area (Å²) in [6.45, 7) is 6.85. The molecule has 0 bridgehead atoms. The fourth-order valence-corrected chi connectivity index (χ4v) is 1.22. The van der Waals surface area contributed by atoms with E-state index in [1.165, 1.54) is 6.07 Å². The van der Waals surface area contributed by atoms with Gasteiger partial charge in [0.05, 0.1) is 17.7 Å². The average molecular weight is 212 g/mol. The first-order valence-electron chi connectivity index (χ1n) is 4.24. The molecule has 2 rings (SSSR count). The highest BCUT2D eigenvalue weighted by Gasteiger charge is 2.25. The van der Waals surface area contributed by atoms with Crippen LogP contribution in [0.3, 0.4) is 0 Å². The molecule has 0 spiro atoms. The van der Waals surface area contributed by atoms with Crippen LogP contribution >= 0.6 is 11.6 Å². The van der Waals surface area contributed by atoms with E-state index in [-0.39, 0.29) is 16.8 Å². The number of halogens is 2. The third-order valence-electron chi connectivity index (χ3n) is 1.94. The van der Waals surface area contributed by atoms with Crippen LogP contribution in [0.15, 0.2) is 12.1 Å². The van der Waals surface area contributed by atoms with Crippen molar-refractivity contribution in [2.45, 2.75) is 18.9 Å². The highest BCUT2D eigenvalue weighted by atomic mass is 35.5. The maximum absolute atomic E-state index is 13.0. The van der Waals surface area contributed by atoms with Crippen molar-refractivity contribution in [1.82, 2.24) is 0 Å². The highest BCUT2D eigenvalue weighted by Crippen LogP contribution is 2.36. The molecule has 2 nitrogen and oxygen atoms in total. The normalized spacial score (nSPS) is 14.9. The van der Waals surface area contributed by atoms with Gasteiger partial charge in [-0.15, -0.1) is 0 Å². The number of hydrogen-bond acceptors (Lipinski definition) is 1. The van der Waals surface area contributed by atoms with Gasteiger partial charge in [-0.25, -0.2) is 9.24 Å². The van der Waals surface area contributed by atoms with Crippen LogP contribution in [0.1, 0.15) is 12.8 Å². The molecule has 1 aliphatic rings. The number of ether oxygens (including phenoxy) is 1. The summed E-state index contributed by atoms with van der Waals surface area (Å²) in [7, 11) is 0. The van der Waals surface area contributed by atoms with E-state index in [1.807, 2.05) is 0 Å². The zero-order valence-corrected chi connectivity index (χ0v) is 8.01. The molecule has 0 aromatic heterocycles. The Balaban J connectivity index is 2.36. The Kier molecular flexibility index (Phi) is 2.30. The fourth-order valence-electron chi connectivity index (χ4n) is 1.07. The molecule has 0 amide bonds. The molecule has 0 aliphatic heterocycles. The van der Waals surface area contributed by atoms with Crippen LogP contribution in [0.25, 0.3) is 4.85 Å². The summed E-state index contributed by atoms with van der Waals surface area (Å²) in [6, 6.07) is 2.47. The maximum Gasteiger partial charge on any atom is 0.231 e. The summed E-state index contributed by atoms with van der Waals surface area (Å²) in [5.74, 6) is -0.199. The van der Waals surface area contributed by atoms with Crippen LogP contribution in [0.4, 0.5) is 10.1 Å². The van der Waals surface area contributed by atoms with Crippen LogP contribution < -0.4 is 4.74 Å². The van der Waals surface area contributed by atoms with Crippen LogP contribution in [0.5, 0.6) is 5.75 Å². The van der Waals surface area contributed by atoms with Crippen molar-refractivity contribution in [3.63, 3.8) is 0 Å². The van der Waals surface area contributed by atoms with E-state index in [2.05, 4.69) is 4.85 Å². The van der Waals surface area contributed by atoms with Gasteiger partial charge >= 0.3 is 0 Å². The monoisotopic (exact) mass is 211 g/mol. The molecule has 1 fully saturated rings. The predicted molar refractivity (Wildman–Crippen MR) is 51.3 cm³/mol. The van der Waals surface area contributed by atoms with Gasteiger partial charge in [0.15, 0.2) is 0 Å². The molecule has 0 N–H and O–H groups in total. The Labute approximate surface area is 86.1 Å². The van der Waals surface area contributed by atoms with Crippen molar-refractivity contribution < 1.29 is 9.13 Å². The molecule has 4 heteroatoms. The minimum atomic E-state index is -0.583. The zero-order chi connectivity index (χ0) is 10.1. The van der Waals surface area contributed by atoms with E-state index >= 15 is 0 Å². The van der Waals surface area contributed by atoms with E-state index in [0.717, 1.165) is 18.9 Å². The lowest BCUT2D eigenvalue weighted by molar-refractivity contribution is 0.305. The maximum atomic E-state index is 13.0. The standard InChI is InChI=1S/C10H7ClFNO/c1-13-9-5-8(12)7(11)4-10(9)14-6-2-3-6/h4-6H,2-3H2. The third-order valence-corrected chi connectivity index (χ3v) is 2.23. The third kappa shape index (κ3) is 1.80. The Bertz CT molecular complexity index is 409. The van der Waals surface area contributed by atoms with Gasteiger partial charge in [0.2, 0.25) is 5.69 Å². The predicted octanol–water partition coefficient (Wildman–Crippen LogP) is 3.57. The smallest absolute Gasteiger partial charge is 0.231 e. The number of rotatable bonds is 2. The minimum absolute atomic E-state index is 0.00644. The summed E-state index contributed by atoms with van der Waals surface area (Å²) >= 11 is 5.59. The van der Waals surface area contributed by atoms with Crippen molar-refractivity contribution in [2.75, 3.05) is 0 Å². The molecular weight excluding hydrogens is 205 g/mol. The molecule has 1 aliphatic carbocycles. The van der Waals surface area contributed by atoms with Crippen molar-refractivity contribution in [1.29, 1.82) is 0 Å². The Morgan fingerprint density at radius 3 is 2.79 bits per heavy atom. The SMILES string of the molecule is [C-]#[N+]c1cc(F)c(Cl)cc1OC1CC1. The number of benzene rings is 1. The van der Waals surface area contributed by atoms with Gasteiger partial charge in [0, 0.05) is 0 Å². The summed E-state index contributed by atoms with van der Waals surface area (Å²) in [5, 5.41) is -0.00644. The molecule has 0 atom stereocenters. The zero-order valence-electron chi connectivity index (χ0n) is 7.26. The molecule has 0 unspecified atom stereocenters. The average Bonchev–Trinajstić information content (AvgIpc) is 2.95. The lowest BCUT2D eigenvalue weighted by Gasteiger charge is -2.07. The molecule has 0 radical (unpaired) electrons. The van der Waals surface area contributed by atoms with E-state index in [9.17, 15) is 4.39 Å². The second-order valence-electron chi connectivity index (χ2n) is 3.16. The first-order chi connectivity index (χ1) is 6.70. The van der Waals surface area contributed by atoms with E-state index in [4.69, 9.17) is 22.9 Å². The summed E-state index contributed by atoms with van der Waals surface area (Å²) < 4.78 is 18.4. The first kappa shape index (κ1) is 9.29. The molecule has 72 valence electrons. The van der Waals surface area contributed by atoms with Crippen molar-refractivity contribution >= 4 is 17.3 Å². The summed E-state index contributed by atoms with van der Waals surface area (Å²) in [5.41, 5.74) is 0.179. The fraction of sp³-hybridized carbons (Fsp3) is 0.300. The lowest BCUT2D eigenvalue weighted by atomic mass is 10.3. The van der Waals surface area contributed by atoms with Gasteiger partial charge < -0.3 is 4.74 Å². The number of hydrogen-bond donors (Lipinski definition) is 0. The second kappa shape index (κ2) is 3.47. The lowest BCUT2D eigenvalue weighted by Crippen LogP contribution is -1.96. The first-order valence-corrected chi connectivity index (χ1v) is 4.61. The van der Waals surface area contributed by atoms with Crippen LogP contribution in [-0.2, 0) is 0 Å². The molecule has 1 saturated carbocycles. The molecule has 1 aromatic carbocycles. The highest BCUT2D eigenvalue weighted by molar-refractivity contribution is 6.31. The molecule has 0 saturated heterocycles. The van der Waals surface area contributed by atoms with Gasteiger partial charge in [-0.2, -0.15) is 0 Å². The minimum Gasteiger partial charge on any atom is -0.501 e. The molecule has 1 aromatic rings. The van der Waals surface area contributed by atoms with Gasteiger partial charge in [-0.1, -0.05) is 11.6 Å². The summed E-state index contributed by atoms with van der Waals surface area (Å²) in [6.07, 6.45) is 2.16. The van der Waals surface area contributed by atoms with Crippen LogP contribution in [0.2, 0.25) is 5.02 Å². The molecular formula is C10H7ClFNO. The Morgan fingerprint density at radius 2 is 2.21 bits per heavy atom. The largest absolute Gasteiger partial charge is 0.501 e. The topological polar surface area (TPSA) is 13.6 Å². The van der Waals surface area contributed by atoms with Crippen molar-refractivity contribution in [3.05, 3.63) is 34.4 Å². The molecule has 0 heterocycles. The quantitative estimate of drug-likeness (QED) is 0.682.